The van der Waals surface area contributed by atoms with E-state index < -0.39 is 0 Å². The SMILES string of the molecule is COc1cccc(OC(C)c2nnc(SCC(=O)Nc3ccc(Br)cc3)n2C(C)C)c1. The Morgan fingerprint density at radius 1 is 1.13 bits per heavy atom. The number of carbonyl (C=O) groups is 1. The lowest BCUT2D eigenvalue weighted by molar-refractivity contribution is -0.113. The average Bonchev–Trinajstić information content (AvgIpc) is 3.18. The first-order chi connectivity index (χ1) is 14.9. The molecule has 3 rings (SSSR count). The molecular formula is C22H25BrN4O3S. The first-order valence-corrected chi connectivity index (χ1v) is 11.6. The van der Waals surface area contributed by atoms with Gasteiger partial charge in [0.2, 0.25) is 5.91 Å². The number of rotatable bonds is 9. The highest BCUT2D eigenvalue weighted by atomic mass is 79.9. The molecule has 1 aromatic heterocycles. The van der Waals surface area contributed by atoms with Gasteiger partial charge in [-0.2, -0.15) is 0 Å². The molecule has 1 N–H and O–H groups in total. The van der Waals surface area contributed by atoms with Crippen LogP contribution >= 0.6 is 27.7 Å². The Balaban J connectivity index is 1.67. The number of hydrogen-bond acceptors (Lipinski definition) is 6. The van der Waals surface area contributed by atoms with Gasteiger partial charge < -0.3 is 19.4 Å². The maximum absolute atomic E-state index is 12.4. The second-order valence-corrected chi connectivity index (χ2v) is 8.95. The van der Waals surface area contributed by atoms with Crippen molar-refractivity contribution in [2.75, 3.05) is 18.2 Å². The van der Waals surface area contributed by atoms with E-state index in [0.29, 0.717) is 16.7 Å². The number of anilines is 1. The molecule has 0 spiro atoms. The zero-order chi connectivity index (χ0) is 22.4. The van der Waals surface area contributed by atoms with Crippen molar-refractivity contribution in [3.05, 3.63) is 58.8 Å². The molecule has 0 fully saturated rings. The molecule has 1 unspecified atom stereocenters. The number of benzene rings is 2. The number of thioether (sulfide) groups is 1. The van der Waals surface area contributed by atoms with Gasteiger partial charge in [-0.25, -0.2) is 0 Å². The van der Waals surface area contributed by atoms with Crippen molar-refractivity contribution in [1.82, 2.24) is 14.8 Å². The van der Waals surface area contributed by atoms with Gasteiger partial charge in [0.1, 0.15) is 11.5 Å². The first-order valence-electron chi connectivity index (χ1n) is 9.81. The van der Waals surface area contributed by atoms with Crippen molar-refractivity contribution < 1.29 is 14.3 Å². The van der Waals surface area contributed by atoms with Crippen LogP contribution in [-0.2, 0) is 4.79 Å². The maximum atomic E-state index is 12.4. The molecule has 164 valence electrons. The van der Waals surface area contributed by atoms with Crippen LogP contribution in [0, 0.1) is 0 Å². The molecule has 2 aromatic carbocycles. The molecular weight excluding hydrogens is 480 g/mol. The quantitative estimate of drug-likeness (QED) is 0.387. The van der Waals surface area contributed by atoms with Gasteiger partial charge >= 0.3 is 0 Å². The third-order valence-electron chi connectivity index (χ3n) is 4.39. The summed E-state index contributed by atoms with van der Waals surface area (Å²) in [5.41, 5.74) is 0.750. The predicted octanol–water partition coefficient (Wildman–Crippen LogP) is 5.50. The Hall–Kier alpha value is -2.52. The standard InChI is InChI=1S/C22H25BrN4O3S/c1-14(2)27-21(15(3)30-19-7-5-6-18(12-19)29-4)25-26-22(27)31-13-20(28)24-17-10-8-16(23)9-11-17/h5-12,14-15H,13H2,1-4H3,(H,24,28). The molecule has 7 nitrogen and oxygen atoms in total. The van der Waals surface area contributed by atoms with Crippen LogP contribution in [0.5, 0.6) is 11.5 Å². The minimum atomic E-state index is -0.326. The molecule has 3 aromatic rings. The number of ether oxygens (including phenoxy) is 2. The summed E-state index contributed by atoms with van der Waals surface area (Å²) in [4.78, 5) is 12.4. The summed E-state index contributed by atoms with van der Waals surface area (Å²) in [5, 5.41) is 12.2. The van der Waals surface area contributed by atoms with Crippen LogP contribution in [-0.4, -0.2) is 33.5 Å². The van der Waals surface area contributed by atoms with Crippen molar-refractivity contribution in [3.63, 3.8) is 0 Å². The highest BCUT2D eigenvalue weighted by molar-refractivity contribution is 9.10. The van der Waals surface area contributed by atoms with Gasteiger partial charge in [-0.15, -0.1) is 10.2 Å². The summed E-state index contributed by atoms with van der Waals surface area (Å²) in [6.45, 7) is 6.03. The van der Waals surface area contributed by atoms with Crippen molar-refractivity contribution in [3.8, 4) is 11.5 Å². The number of aromatic nitrogens is 3. The molecule has 0 bridgehead atoms. The second kappa shape index (κ2) is 10.7. The van der Waals surface area contributed by atoms with Crippen LogP contribution in [0.15, 0.2) is 58.2 Å². The van der Waals surface area contributed by atoms with E-state index in [0.717, 1.165) is 15.9 Å². The van der Waals surface area contributed by atoms with Crippen LogP contribution in [0.25, 0.3) is 0 Å². The lowest BCUT2D eigenvalue weighted by atomic mass is 10.3. The molecule has 0 saturated heterocycles. The fraction of sp³-hybridized carbons (Fsp3) is 0.318. The smallest absolute Gasteiger partial charge is 0.234 e. The lowest BCUT2D eigenvalue weighted by Crippen LogP contribution is -2.16. The van der Waals surface area contributed by atoms with E-state index in [4.69, 9.17) is 9.47 Å². The summed E-state index contributed by atoms with van der Waals surface area (Å²) in [6.07, 6.45) is -0.326. The summed E-state index contributed by atoms with van der Waals surface area (Å²) >= 11 is 4.73. The Kier molecular flexibility index (Phi) is 7.97. The van der Waals surface area contributed by atoms with Gasteiger partial charge in [0, 0.05) is 22.3 Å². The molecule has 1 atom stereocenters. The van der Waals surface area contributed by atoms with Crippen molar-refractivity contribution in [1.29, 1.82) is 0 Å². The molecule has 1 amide bonds. The van der Waals surface area contributed by atoms with Gasteiger partial charge in [0.25, 0.3) is 0 Å². The third-order valence-corrected chi connectivity index (χ3v) is 5.86. The Morgan fingerprint density at radius 3 is 2.52 bits per heavy atom. The van der Waals surface area contributed by atoms with E-state index in [1.54, 1.807) is 7.11 Å². The van der Waals surface area contributed by atoms with E-state index in [-0.39, 0.29) is 23.8 Å². The van der Waals surface area contributed by atoms with Crippen molar-refractivity contribution in [2.24, 2.45) is 0 Å². The fourth-order valence-electron chi connectivity index (χ4n) is 2.94. The highest BCUT2D eigenvalue weighted by Crippen LogP contribution is 2.29. The van der Waals surface area contributed by atoms with Gasteiger partial charge in [-0.3, -0.25) is 4.79 Å². The Labute approximate surface area is 194 Å². The molecule has 0 radical (unpaired) electrons. The number of nitrogens with zero attached hydrogens (tertiary/aromatic N) is 3. The first kappa shape index (κ1) is 23.1. The minimum Gasteiger partial charge on any atom is -0.497 e. The minimum absolute atomic E-state index is 0.104. The maximum Gasteiger partial charge on any atom is 0.234 e. The molecule has 1 heterocycles. The van der Waals surface area contributed by atoms with Crippen LogP contribution in [0.3, 0.4) is 0 Å². The van der Waals surface area contributed by atoms with E-state index in [9.17, 15) is 4.79 Å². The van der Waals surface area contributed by atoms with E-state index >= 15 is 0 Å². The largest absolute Gasteiger partial charge is 0.497 e. The average molecular weight is 505 g/mol. The van der Waals surface area contributed by atoms with Crippen molar-refractivity contribution in [2.45, 2.75) is 38.1 Å². The predicted molar refractivity (Wildman–Crippen MR) is 126 cm³/mol. The van der Waals surface area contributed by atoms with E-state index in [1.807, 2.05) is 60.0 Å². The summed E-state index contributed by atoms with van der Waals surface area (Å²) < 4.78 is 14.3. The number of methoxy groups -OCH3 is 1. The molecule has 0 aliphatic heterocycles. The highest BCUT2D eigenvalue weighted by Gasteiger charge is 2.22. The topological polar surface area (TPSA) is 78.3 Å². The Bertz CT molecular complexity index is 1020. The van der Waals surface area contributed by atoms with Crippen LogP contribution in [0.1, 0.15) is 38.7 Å². The normalized spacial score (nSPS) is 11.9. The number of halogens is 1. The van der Waals surface area contributed by atoms with Gasteiger partial charge in [-0.1, -0.05) is 33.8 Å². The molecule has 0 aliphatic carbocycles. The third kappa shape index (κ3) is 6.24. The van der Waals surface area contributed by atoms with Gasteiger partial charge in [-0.05, 0) is 57.2 Å². The Morgan fingerprint density at radius 2 is 1.84 bits per heavy atom. The van der Waals surface area contributed by atoms with Crippen molar-refractivity contribution >= 4 is 39.3 Å². The lowest BCUT2D eigenvalue weighted by Gasteiger charge is -2.19. The van der Waals surface area contributed by atoms with Crippen LogP contribution in [0.4, 0.5) is 5.69 Å². The number of carbonyl (C=O) groups excluding carboxylic acids is 1. The molecule has 31 heavy (non-hydrogen) atoms. The number of hydrogen-bond donors (Lipinski definition) is 1. The number of nitrogens with one attached hydrogen (secondary N) is 1. The number of amides is 1. The van der Waals surface area contributed by atoms with Crippen LogP contribution < -0.4 is 14.8 Å². The molecule has 0 aliphatic rings. The summed E-state index contributed by atoms with van der Waals surface area (Å²) in [7, 11) is 1.62. The fourth-order valence-corrected chi connectivity index (χ4v) is 4.08. The zero-order valence-electron chi connectivity index (χ0n) is 17.8. The van der Waals surface area contributed by atoms with E-state index in [2.05, 4.69) is 45.3 Å². The van der Waals surface area contributed by atoms with Crippen LogP contribution in [0.2, 0.25) is 0 Å². The second-order valence-electron chi connectivity index (χ2n) is 7.09. The molecule has 0 saturated carbocycles. The summed E-state index contributed by atoms with van der Waals surface area (Å²) in [5.74, 6) is 2.24. The monoisotopic (exact) mass is 504 g/mol. The molecule has 9 heteroatoms. The van der Waals surface area contributed by atoms with Gasteiger partial charge in [0.05, 0.1) is 12.9 Å². The van der Waals surface area contributed by atoms with E-state index in [1.165, 1.54) is 11.8 Å². The summed E-state index contributed by atoms with van der Waals surface area (Å²) in [6, 6.07) is 15.0. The zero-order valence-corrected chi connectivity index (χ0v) is 20.2. The van der Waals surface area contributed by atoms with Gasteiger partial charge in [0.15, 0.2) is 17.1 Å².